The number of hydrogen-bond acceptors (Lipinski definition) is 3. The van der Waals surface area contributed by atoms with Crippen LogP contribution in [0.5, 0.6) is 0 Å². The number of nitrogens with zero attached hydrogens (tertiary/aromatic N) is 1. The van der Waals surface area contributed by atoms with Crippen LogP contribution in [0.4, 0.5) is 0 Å². The fourth-order valence-corrected chi connectivity index (χ4v) is 2.61. The molecule has 1 N–H and O–H groups in total. The molecule has 0 aliphatic heterocycles. The molecule has 4 heteroatoms. The number of carboxylic acid groups (broad SMARTS) is 1. The van der Waals surface area contributed by atoms with E-state index in [0.29, 0.717) is 0 Å². The van der Waals surface area contributed by atoms with Crippen molar-refractivity contribution >= 4 is 17.3 Å². The molecular weight excluding hydrogens is 246 g/mol. The lowest BCUT2D eigenvalue weighted by molar-refractivity contribution is 0.0691. The average Bonchev–Trinajstić information content (AvgIpc) is 2.79. The van der Waals surface area contributed by atoms with Crippen LogP contribution in [0, 0.1) is 13.8 Å². The molecule has 0 aliphatic rings. The van der Waals surface area contributed by atoms with Crippen molar-refractivity contribution < 1.29 is 9.90 Å². The van der Waals surface area contributed by atoms with Gasteiger partial charge in [0.15, 0.2) is 5.69 Å². The third kappa shape index (κ3) is 2.96. The molecule has 0 spiro atoms. The van der Waals surface area contributed by atoms with E-state index in [2.05, 4.69) is 37.0 Å². The summed E-state index contributed by atoms with van der Waals surface area (Å²) in [4.78, 5) is 14.8. The van der Waals surface area contributed by atoms with Crippen LogP contribution >= 0.6 is 11.3 Å². The highest BCUT2D eigenvalue weighted by molar-refractivity contribution is 7.09. The van der Waals surface area contributed by atoms with Gasteiger partial charge in [-0.15, -0.1) is 11.3 Å². The minimum Gasteiger partial charge on any atom is -0.476 e. The van der Waals surface area contributed by atoms with Gasteiger partial charge in [-0.3, -0.25) is 0 Å². The Morgan fingerprint density at radius 1 is 1.33 bits per heavy atom. The van der Waals surface area contributed by atoms with E-state index in [0.717, 1.165) is 17.8 Å². The van der Waals surface area contributed by atoms with E-state index in [4.69, 9.17) is 5.11 Å². The molecule has 0 saturated carbocycles. The van der Waals surface area contributed by atoms with Crippen molar-refractivity contribution in [2.45, 2.75) is 26.7 Å². The molecule has 18 heavy (non-hydrogen) atoms. The highest BCUT2D eigenvalue weighted by Gasteiger charge is 2.09. The molecule has 1 aromatic heterocycles. The average molecular weight is 261 g/mol. The Bertz CT molecular complexity index is 575. The summed E-state index contributed by atoms with van der Waals surface area (Å²) in [5, 5.41) is 11.3. The molecule has 1 aromatic carbocycles. The van der Waals surface area contributed by atoms with Gasteiger partial charge in [-0.1, -0.05) is 23.8 Å². The number of aryl methyl sites for hydroxylation is 4. The number of benzene rings is 1. The third-order valence-electron chi connectivity index (χ3n) is 2.88. The van der Waals surface area contributed by atoms with E-state index in [1.54, 1.807) is 5.38 Å². The minimum absolute atomic E-state index is 0.149. The Morgan fingerprint density at radius 2 is 2.11 bits per heavy atom. The Morgan fingerprint density at radius 3 is 2.78 bits per heavy atom. The SMILES string of the molecule is Cc1ccc(C)c(CCc2nc(C(=O)O)cs2)c1. The molecule has 94 valence electrons. The van der Waals surface area contributed by atoms with Gasteiger partial charge >= 0.3 is 5.97 Å². The number of carboxylic acids is 1. The lowest BCUT2D eigenvalue weighted by Gasteiger charge is -2.05. The molecule has 2 aromatic rings. The lowest BCUT2D eigenvalue weighted by Crippen LogP contribution is -1.98. The summed E-state index contributed by atoms with van der Waals surface area (Å²) < 4.78 is 0. The third-order valence-corrected chi connectivity index (χ3v) is 3.79. The molecule has 0 amide bonds. The molecule has 0 fully saturated rings. The molecule has 0 atom stereocenters. The number of carbonyl (C=O) groups is 1. The predicted molar refractivity (Wildman–Crippen MR) is 72.4 cm³/mol. The summed E-state index contributed by atoms with van der Waals surface area (Å²) in [6.45, 7) is 4.17. The van der Waals surface area contributed by atoms with Crippen LogP contribution in [0.2, 0.25) is 0 Å². The largest absolute Gasteiger partial charge is 0.476 e. The smallest absolute Gasteiger partial charge is 0.355 e. The lowest BCUT2D eigenvalue weighted by atomic mass is 10.0. The van der Waals surface area contributed by atoms with Crippen LogP contribution in [0.1, 0.15) is 32.2 Å². The summed E-state index contributed by atoms with van der Waals surface area (Å²) >= 11 is 1.42. The number of thiazole rings is 1. The number of aromatic nitrogens is 1. The topological polar surface area (TPSA) is 50.2 Å². The monoisotopic (exact) mass is 261 g/mol. The van der Waals surface area contributed by atoms with Gasteiger partial charge in [0.25, 0.3) is 0 Å². The molecule has 0 radical (unpaired) electrons. The second-order valence-corrected chi connectivity index (χ2v) is 5.30. The number of hydrogen-bond donors (Lipinski definition) is 1. The first-order chi connectivity index (χ1) is 8.56. The van der Waals surface area contributed by atoms with E-state index in [1.165, 1.54) is 28.0 Å². The van der Waals surface area contributed by atoms with Gasteiger partial charge in [-0.05, 0) is 31.4 Å². The summed E-state index contributed by atoms with van der Waals surface area (Å²) in [5.41, 5.74) is 3.98. The molecule has 0 bridgehead atoms. The Kier molecular flexibility index (Phi) is 3.77. The first-order valence-electron chi connectivity index (χ1n) is 5.80. The van der Waals surface area contributed by atoms with Gasteiger partial charge in [0.1, 0.15) is 0 Å². The highest BCUT2D eigenvalue weighted by atomic mass is 32.1. The zero-order valence-corrected chi connectivity index (χ0v) is 11.3. The number of aromatic carboxylic acids is 1. The first-order valence-corrected chi connectivity index (χ1v) is 6.68. The van der Waals surface area contributed by atoms with Crippen molar-refractivity contribution in [3.63, 3.8) is 0 Å². The highest BCUT2D eigenvalue weighted by Crippen LogP contribution is 2.16. The van der Waals surface area contributed by atoms with E-state index < -0.39 is 5.97 Å². The predicted octanol–water partition coefficient (Wildman–Crippen LogP) is 3.24. The maximum atomic E-state index is 10.7. The Hall–Kier alpha value is -1.68. The summed E-state index contributed by atoms with van der Waals surface area (Å²) in [6.07, 6.45) is 1.70. The van der Waals surface area contributed by atoms with Gasteiger partial charge in [0.2, 0.25) is 0 Å². The Balaban J connectivity index is 2.06. The van der Waals surface area contributed by atoms with Crippen molar-refractivity contribution in [2.75, 3.05) is 0 Å². The zero-order chi connectivity index (χ0) is 13.1. The van der Waals surface area contributed by atoms with Crippen LogP contribution in [0.15, 0.2) is 23.6 Å². The molecule has 0 unspecified atom stereocenters. The van der Waals surface area contributed by atoms with Crippen LogP contribution in [0.25, 0.3) is 0 Å². The van der Waals surface area contributed by atoms with Crippen LogP contribution < -0.4 is 0 Å². The van der Waals surface area contributed by atoms with Crippen LogP contribution in [0.3, 0.4) is 0 Å². The summed E-state index contributed by atoms with van der Waals surface area (Å²) in [5.74, 6) is -0.954. The molecule has 2 rings (SSSR count). The van der Waals surface area contributed by atoms with E-state index >= 15 is 0 Å². The van der Waals surface area contributed by atoms with Crippen LogP contribution in [-0.4, -0.2) is 16.1 Å². The van der Waals surface area contributed by atoms with Gasteiger partial charge in [0, 0.05) is 11.8 Å². The summed E-state index contributed by atoms with van der Waals surface area (Å²) in [6, 6.07) is 6.40. The standard InChI is InChI=1S/C14H15NO2S/c1-9-3-4-10(2)11(7-9)5-6-13-15-12(8-18-13)14(16)17/h3-4,7-8H,5-6H2,1-2H3,(H,16,17). The first kappa shape index (κ1) is 12.8. The van der Waals surface area contributed by atoms with E-state index in [1.807, 2.05) is 0 Å². The molecule has 0 saturated heterocycles. The minimum atomic E-state index is -0.954. The van der Waals surface area contributed by atoms with Gasteiger partial charge in [0.05, 0.1) is 5.01 Å². The van der Waals surface area contributed by atoms with Crippen molar-refractivity contribution in [1.29, 1.82) is 0 Å². The maximum absolute atomic E-state index is 10.7. The normalized spacial score (nSPS) is 10.6. The van der Waals surface area contributed by atoms with Gasteiger partial charge in [-0.25, -0.2) is 9.78 Å². The second kappa shape index (κ2) is 5.31. The molecular formula is C14H15NO2S. The van der Waals surface area contributed by atoms with E-state index in [9.17, 15) is 4.79 Å². The molecule has 0 aliphatic carbocycles. The van der Waals surface area contributed by atoms with Crippen molar-refractivity contribution in [3.8, 4) is 0 Å². The fourth-order valence-electron chi connectivity index (χ4n) is 1.84. The van der Waals surface area contributed by atoms with Crippen LogP contribution in [-0.2, 0) is 12.8 Å². The molecule has 1 heterocycles. The van der Waals surface area contributed by atoms with E-state index in [-0.39, 0.29) is 5.69 Å². The summed E-state index contributed by atoms with van der Waals surface area (Å²) in [7, 11) is 0. The fraction of sp³-hybridized carbons (Fsp3) is 0.286. The van der Waals surface area contributed by atoms with Gasteiger partial charge in [-0.2, -0.15) is 0 Å². The maximum Gasteiger partial charge on any atom is 0.355 e. The molecule has 3 nitrogen and oxygen atoms in total. The van der Waals surface area contributed by atoms with Gasteiger partial charge < -0.3 is 5.11 Å². The van der Waals surface area contributed by atoms with Crippen molar-refractivity contribution in [3.05, 3.63) is 51.0 Å². The number of rotatable bonds is 4. The van der Waals surface area contributed by atoms with Crippen molar-refractivity contribution in [1.82, 2.24) is 4.98 Å². The zero-order valence-electron chi connectivity index (χ0n) is 10.4. The Labute approximate surface area is 110 Å². The second-order valence-electron chi connectivity index (χ2n) is 4.36. The quantitative estimate of drug-likeness (QED) is 0.919. The van der Waals surface area contributed by atoms with Crippen molar-refractivity contribution in [2.24, 2.45) is 0 Å².